The summed E-state index contributed by atoms with van der Waals surface area (Å²) in [5, 5.41) is 19.4. The summed E-state index contributed by atoms with van der Waals surface area (Å²) in [5.41, 5.74) is 1.25. The molecule has 3 fully saturated rings. The first-order valence-corrected chi connectivity index (χ1v) is 8.90. The number of nitrogens with zero attached hydrogens (tertiary/aromatic N) is 1. The molecule has 0 amide bonds. The number of hydrogen-bond donors (Lipinski definition) is 1. The van der Waals surface area contributed by atoms with Crippen molar-refractivity contribution in [2.45, 2.75) is 64.4 Å². The van der Waals surface area contributed by atoms with E-state index in [0.717, 1.165) is 54.4 Å². The smallest absolute Gasteiger partial charge is 0.0949 e. The normalized spacial score (nSPS) is 52.1. The zero-order valence-electron chi connectivity index (χ0n) is 13.1. The molecule has 0 saturated heterocycles. The Balaban J connectivity index is 1.56. The van der Waals surface area contributed by atoms with Crippen LogP contribution >= 0.6 is 0 Å². The second-order valence-corrected chi connectivity index (χ2v) is 8.41. The Morgan fingerprint density at radius 1 is 1.14 bits per heavy atom. The largest absolute Gasteiger partial charge is 0.393 e. The highest BCUT2D eigenvalue weighted by Crippen LogP contribution is 2.61. The van der Waals surface area contributed by atoms with E-state index in [9.17, 15) is 10.4 Å². The van der Waals surface area contributed by atoms with Crippen LogP contribution in [-0.2, 0) is 0 Å². The molecule has 0 radical (unpaired) electrons. The Labute approximate surface area is 128 Å². The van der Waals surface area contributed by atoms with Crippen LogP contribution in [0, 0.1) is 46.3 Å². The fraction of sp³-hybridized carbons (Fsp3) is 0.842. The van der Waals surface area contributed by atoms with Crippen LogP contribution in [0.4, 0.5) is 0 Å². The van der Waals surface area contributed by atoms with Gasteiger partial charge in [0.05, 0.1) is 12.2 Å². The van der Waals surface area contributed by atoms with Crippen molar-refractivity contribution >= 4 is 0 Å². The van der Waals surface area contributed by atoms with E-state index in [1.54, 1.807) is 0 Å². The number of hydrogen-bond acceptors (Lipinski definition) is 2. The summed E-state index contributed by atoms with van der Waals surface area (Å²) >= 11 is 0. The van der Waals surface area contributed by atoms with Crippen LogP contribution in [-0.4, -0.2) is 11.2 Å². The molecule has 3 saturated carbocycles. The number of rotatable bonds is 0. The number of aliphatic hydroxyl groups excluding tert-OH is 1. The SMILES string of the molecule is C[C@@]12CC[C@H]3CC4C[C@H](O)CC[C@@H]4C[C@@H]3[C@H]1CC=C2C#N. The average molecular weight is 285 g/mol. The van der Waals surface area contributed by atoms with Gasteiger partial charge in [0.15, 0.2) is 0 Å². The lowest BCUT2D eigenvalue weighted by Gasteiger charge is -2.53. The summed E-state index contributed by atoms with van der Waals surface area (Å²) in [5.74, 6) is 4.05. The van der Waals surface area contributed by atoms with E-state index in [1.807, 2.05) is 0 Å². The molecule has 4 aliphatic carbocycles. The van der Waals surface area contributed by atoms with Gasteiger partial charge >= 0.3 is 0 Å². The van der Waals surface area contributed by atoms with Crippen molar-refractivity contribution in [1.29, 1.82) is 5.26 Å². The molecule has 0 aliphatic heterocycles. The fourth-order valence-corrected chi connectivity index (χ4v) is 6.40. The van der Waals surface area contributed by atoms with E-state index >= 15 is 0 Å². The zero-order valence-corrected chi connectivity index (χ0v) is 13.1. The molecular weight excluding hydrogens is 258 g/mol. The van der Waals surface area contributed by atoms with Crippen LogP contribution in [0.3, 0.4) is 0 Å². The lowest BCUT2D eigenvalue weighted by atomic mass is 9.51. The molecule has 21 heavy (non-hydrogen) atoms. The molecule has 0 spiro atoms. The summed E-state index contributed by atoms with van der Waals surface area (Å²) in [6, 6.07) is 2.49. The third-order valence-electron chi connectivity index (χ3n) is 7.58. The highest BCUT2D eigenvalue weighted by atomic mass is 16.3. The summed E-state index contributed by atoms with van der Waals surface area (Å²) in [4.78, 5) is 0. The quantitative estimate of drug-likeness (QED) is 0.729. The van der Waals surface area contributed by atoms with Gasteiger partial charge in [-0.25, -0.2) is 0 Å². The molecular formula is C19H27NO. The molecule has 2 nitrogen and oxygen atoms in total. The molecule has 4 aliphatic rings. The maximum absolute atomic E-state index is 9.96. The first-order chi connectivity index (χ1) is 10.1. The summed E-state index contributed by atoms with van der Waals surface area (Å²) in [7, 11) is 0. The van der Waals surface area contributed by atoms with Gasteiger partial charge in [0.25, 0.3) is 0 Å². The Bertz CT molecular complexity index is 504. The molecule has 1 unspecified atom stereocenters. The van der Waals surface area contributed by atoms with Crippen molar-refractivity contribution in [1.82, 2.24) is 0 Å². The van der Waals surface area contributed by atoms with Crippen molar-refractivity contribution in [2.24, 2.45) is 35.0 Å². The molecule has 2 heteroatoms. The van der Waals surface area contributed by atoms with Gasteiger partial charge in [-0.05, 0) is 81.0 Å². The molecule has 0 aromatic carbocycles. The van der Waals surface area contributed by atoms with Gasteiger partial charge in [-0.3, -0.25) is 0 Å². The Kier molecular flexibility index (Phi) is 3.19. The molecule has 0 bridgehead atoms. The minimum absolute atomic E-state index is 0.0324. The number of allylic oxidation sites excluding steroid dienone is 2. The first-order valence-electron chi connectivity index (χ1n) is 8.90. The molecule has 7 atom stereocenters. The predicted molar refractivity (Wildman–Crippen MR) is 82.2 cm³/mol. The van der Waals surface area contributed by atoms with Crippen LogP contribution in [0.2, 0.25) is 0 Å². The second kappa shape index (κ2) is 4.85. The molecule has 0 aromatic rings. The molecule has 0 aromatic heterocycles. The van der Waals surface area contributed by atoms with Crippen LogP contribution in [0.25, 0.3) is 0 Å². The van der Waals surface area contributed by atoms with Crippen molar-refractivity contribution in [3.63, 3.8) is 0 Å². The Morgan fingerprint density at radius 2 is 2.00 bits per heavy atom. The minimum Gasteiger partial charge on any atom is -0.393 e. The maximum atomic E-state index is 9.96. The lowest BCUT2D eigenvalue weighted by molar-refractivity contribution is -0.0451. The number of nitriles is 1. The van der Waals surface area contributed by atoms with E-state index in [4.69, 9.17) is 0 Å². The van der Waals surface area contributed by atoms with E-state index in [-0.39, 0.29) is 11.5 Å². The Morgan fingerprint density at radius 3 is 2.81 bits per heavy atom. The van der Waals surface area contributed by atoms with Crippen molar-refractivity contribution < 1.29 is 5.11 Å². The van der Waals surface area contributed by atoms with E-state index in [0.29, 0.717) is 0 Å². The number of fused-ring (bicyclic) bond motifs is 4. The van der Waals surface area contributed by atoms with Crippen LogP contribution < -0.4 is 0 Å². The zero-order chi connectivity index (χ0) is 14.6. The van der Waals surface area contributed by atoms with Gasteiger partial charge in [0.2, 0.25) is 0 Å². The maximum Gasteiger partial charge on any atom is 0.0949 e. The first kappa shape index (κ1) is 13.8. The average Bonchev–Trinajstić information content (AvgIpc) is 2.82. The predicted octanol–water partition coefficient (Wildman–Crippen LogP) is 4.06. The van der Waals surface area contributed by atoms with Crippen molar-refractivity contribution in [3.8, 4) is 6.07 Å². The lowest BCUT2D eigenvalue weighted by Crippen LogP contribution is -2.46. The minimum atomic E-state index is -0.0324. The van der Waals surface area contributed by atoms with Crippen molar-refractivity contribution in [2.75, 3.05) is 0 Å². The second-order valence-electron chi connectivity index (χ2n) is 8.41. The standard InChI is InChI=1S/C19H27NO/c1-19-7-6-13-8-14-9-16(21)4-2-12(14)10-17(13)18(19)5-3-15(19)11-20/h3,12-14,16-18,21H,2,4-10H2,1H3/t12-,13+,14?,16-,17+,18-,19+/m1/s1. The third-order valence-corrected chi connectivity index (χ3v) is 7.58. The van der Waals surface area contributed by atoms with Gasteiger partial charge in [-0.2, -0.15) is 5.26 Å². The fourth-order valence-electron chi connectivity index (χ4n) is 6.40. The Hall–Kier alpha value is -0.810. The summed E-state index contributed by atoms with van der Waals surface area (Å²) in [6.45, 7) is 2.35. The van der Waals surface area contributed by atoms with E-state index in [1.165, 1.54) is 32.1 Å². The monoisotopic (exact) mass is 285 g/mol. The van der Waals surface area contributed by atoms with Gasteiger partial charge < -0.3 is 5.11 Å². The van der Waals surface area contributed by atoms with Crippen LogP contribution in [0.1, 0.15) is 58.3 Å². The highest BCUT2D eigenvalue weighted by molar-refractivity contribution is 5.35. The summed E-state index contributed by atoms with van der Waals surface area (Å²) < 4.78 is 0. The summed E-state index contributed by atoms with van der Waals surface area (Å²) in [6.07, 6.45) is 11.9. The molecule has 1 N–H and O–H groups in total. The van der Waals surface area contributed by atoms with Gasteiger partial charge in [-0.15, -0.1) is 0 Å². The van der Waals surface area contributed by atoms with E-state index < -0.39 is 0 Å². The van der Waals surface area contributed by atoms with Crippen molar-refractivity contribution in [3.05, 3.63) is 11.6 Å². The third kappa shape index (κ3) is 2.00. The van der Waals surface area contributed by atoms with Crippen LogP contribution in [0.5, 0.6) is 0 Å². The van der Waals surface area contributed by atoms with E-state index in [2.05, 4.69) is 19.1 Å². The van der Waals surface area contributed by atoms with Gasteiger partial charge in [0, 0.05) is 11.0 Å². The molecule has 114 valence electrons. The molecule has 0 heterocycles. The molecule has 4 rings (SSSR count). The highest BCUT2D eigenvalue weighted by Gasteiger charge is 2.53. The van der Waals surface area contributed by atoms with Crippen LogP contribution in [0.15, 0.2) is 11.6 Å². The van der Waals surface area contributed by atoms with Gasteiger partial charge in [0.1, 0.15) is 0 Å². The van der Waals surface area contributed by atoms with Gasteiger partial charge in [-0.1, -0.05) is 13.0 Å². The number of aliphatic hydroxyl groups is 1. The topological polar surface area (TPSA) is 44.0 Å².